The van der Waals surface area contributed by atoms with Crippen molar-refractivity contribution in [1.82, 2.24) is 9.78 Å². The second-order valence-corrected chi connectivity index (χ2v) is 4.76. The van der Waals surface area contributed by atoms with E-state index < -0.39 is 11.5 Å². The summed E-state index contributed by atoms with van der Waals surface area (Å²) in [6.07, 6.45) is 2.31. The number of nitrogens with zero attached hydrogens (tertiary/aromatic N) is 3. The van der Waals surface area contributed by atoms with Gasteiger partial charge in [-0.15, -0.1) is 0 Å². The smallest absolute Gasteiger partial charge is 0.387 e. The van der Waals surface area contributed by atoms with Gasteiger partial charge in [0.25, 0.3) is 0 Å². The third-order valence-electron chi connectivity index (χ3n) is 3.06. The number of carbonyl (C=O) groups excluding carboxylic acids is 1. The Morgan fingerprint density at radius 3 is 2.80 bits per heavy atom. The van der Waals surface area contributed by atoms with E-state index in [9.17, 15) is 23.7 Å². The van der Waals surface area contributed by atoms with Crippen molar-refractivity contribution < 1.29 is 28.0 Å². The quantitative estimate of drug-likeness (QED) is 0.575. The van der Waals surface area contributed by atoms with Crippen molar-refractivity contribution in [2.45, 2.75) is 19.6 Å². The molecular weight excluding hydrogens is 342 g/mol. The van der Waals surface area contributed by atoms with Gasteiger partial charge in [-0.1, -0.05) is 0 Å². The van der Waals surface area contributed by atoms with Crippen LogP contribution in [0.1, 0.15) is 6.42 Å². The lowest BCUT2D eigenvalue weighted by Crippen LogP contribution is -2.15. The second-order valence-electron chi connectivity index (χ2n) is 4.76. The van der Waals surface area contributed by atoms with Crippen LogP contribution in [-0.2, 0) is 11.3 Å². The number of alkyl halides is 2. The molecule has 9 nitrogen and oxygen atoms in total. The Morgan fingerprint density at radius 1 is 1.44 bits per heavy atom. The summed E-state index contributed by atoms with van der Waals surface area (Å²) in [5.74, 6) is -0.497. The van der Waals surface area contributed by atoms with Gasteiger partial charge in [-0.25, -0.2) is 0 Å². The van der Waals surface area contributed by atoms with Gasteiger partial charge in [0.1, 0.15) is 12.4 Å². The Balaban J connectivity index is 1.94. The molecule has 0 aliphatic heterocycles. The molecule has 1 N–H and O–H groups in total. The SMILES string of the molecule is COc1cc(NC(=O)CCn2cc([N+](=O)[O-])cn2)ccc1OC(F)F. The lowest BCUT2D eigenvalue weighted by Gasteiger charge is -2.12. The standard InChI is InChI=1S/C14H14F2N4O5/c1-24-12-6-9(2-3-11(12)25-14(15)16)18-13(21)4-5-19-8-10(7-17-19)20(22)23/h2-3,6-8,14H,4-5H2,1H3,(H,18,21). The number of nitrogens with one attached hydrogen (secondary N) is 1. The van der Waals surface area contributed by atoms with Crippen LogP contribution >= 0.6 is 0 Å². The molecule has 2 aromatic rings. The van der Waals surface area contributed by atoms with Crippen LogP contribution in [0.25, 0.3) is 0 Å². The van der Waals surface area contributed by atoms with Gasteiger partial charge in [0.15, 0.2) is 11.5 Å². The molecule has 0 aliphatic rings. The first kappa shape index (κ1) is 18.1. The minimum atomic E-state index is -2.99. The number of halogens is 2. The first-order chi connectivity index (χ1) is 11.9. The molecule has 1 aromatic carbocycles. The third kappa shape index (κ3) is 5.12. The average Bonchev–Trinajstić information content (AvgIpc) is 3.03. The monoisotopic (exact) mass is 356 g/mol. The average molecular weight is 356 g/mol. The maximum Gasteiger partial charge on any atom is 0.387 e. The van der Waals surface area contributed by atoms with Gasteiger partial charge >= 0.3 is 12.3 Å². The first-order valence-corrected chi connectivity index (χ1v) is 6.98. The van der Waals surface area contributed by atoms with E-state index in [-0.39, 0.29) is 36.1 Å². The largest absolute Gasteiger partial charge is 0.493 e. The van der Waals surface area contributed by atoms with Crippen molar-refractivity contribution in [3.63, 3.8) is 0 Å². The van der Waals surface area contributed by atoms with Crippen molar-refractivity contribution in [3.05, 3.63) is 40.7 Å². The fourth-order valence-corrected chi connectivity index (χ4v) is 1.95. The van der Waals surface area contributed by atoms with E-state index in [1.807, 2.05) is 0 Å². The van der Waals surface area contributed by atoms with E-state index in [2.05, 4.69) is 15.2 Å². The number of ether oxygens (including phenoxy) is 2. The fourth-order valence-electron chi connectivity index (χ4n) is 1.95. The summed E-state index contributed by atoms with van der Waals surface area (Å²) in [7, 11) is 1.28. The predicted octanol–water partition coefficient (Wildman–Crippen LogP) is 2.43. The molecule has 25 heavy (non-hydrogen) atoms. The Kier molecular flexibility index (Phi) is 5.82. The molecule has 0 saturated carbocycles. The zero-order valence-electron chi connectivity index (χ0n) is 13.0. The Hall–Kier alpha value is -3.24. The highest BCUT2D eigenvalue weighted by molar-refractivity contribution is 5.91. The van der Waals surface area contributed by atoms with Crippen molar-refractivity contribution in [1.29, 1.82) is 0 Å². The van der Waals surface area contributed by atoms with Gasteiger partial charge in [-0.05, 0) is 12.1 Å². The van der Waals surface area contributed by atoms with Crippen LogP contribution in [0, 0.1) is 10.1 Å². The van der Waals surface area contributed by atoms with Gasteiger partial charge < -0.3 is 14.8 Å². The minimum Gasteiger partial charge on any atom is -0.493 e. The molecule has 0 saturated heterocycles. The molecule has 1 heterocycles. The molecule has 11 heteroatoms. The number of aromatic nitrogens is 2. The topological polar surface area (TPSA) is 109 Å². The number of aryl methyl sites for hydroxylation is 1. The number of carbonyl (C=O) groups is 1. The van der Waals surface area contributed by atoms with Gasteiger partial charge in [-0.2, -0.15) is 13.9 Å². The molecule has 0 atom stereocenters. The Labute approximate surface area is 140 Å². The van der Waals surface area contributed by atoms with E-state index in [1.54, 1.807) is 0 Å². The summed E-state index contributed by atoms with van der Waals surface area (Å²) < 4.78 is 35.0. The summed E-state index contributed by atoms with van der Waals surface area (Å²) in [4.78, 5) is 21.9. The summed E-state index contributed by atoms with van der Waals surface area (Å²) in [6.45, 7) is -2.85. The molecule has 0 aliphatic carbocycles. The summed E-state index contributed by atoms with van der Waals surface area (Å²) in [5.41, 5.74) is 0.162. The number of amides is 1. The van der Waals surface area contributed by atoms with E-state index in [4.69, 9.17) is 4.74 Å². The van der Waals surface area contributed by atoms with E-state index in [1.165, 1.54) is 36.2 Å². The minimum absolute atomic E-state index is 0.0104. The van der Waals surface area contributed by atoms with Crippen LogP contribution in [0.2, 0.25) is 0 Å². The molecule has 134 valence electrons. The van der Waals surface area contributed by atoms with Gasteiger partial charge in [0.2, 0.25) is 5.91 Å². The van der Waals surface area contributed by atoms with Gasteiger partial charge in [0, 0.05) is 24.7 Å². The van der Waals surface area contributed by atoms with Crippen LogP contribution in [0.4, 0.5) is 20.2 Å². The van der Waals surface area contributed by atoms with E-state index >= 15 is 0 Å². The summed E-state index contributed by atoms with van der Waals surface area (Å²) in [6, 6.07) is 3.97. The lowest BCUT2D eigenvalue weighted by molar-refractivity contribution is -0.385. The van der Waals surface area contributed by atoms with E-state index in [0.717, 1.165) is 6.20 Å². The van der Waals surface area contributed by atoms with Crippen molar-refractivity contribution in [2.24, 2.45) is 0 Å². The molecule has 2 rings (SSSR count). The number of benzene rings is 1. The Bertz CT molecular complexity index is 765. The zero-order valence-corrected chi connectivity index (χ0v) is 13.0. The van der Waals surface area contributed by atoms with Crippen LogP contribution in [0.15, 0.2) is 30.6 Å². The molecule has 0 bridgehead atoms. The first-order valence-electron chi connectivity index (χ1n) is 6.98. The Morgan fingerprint density at radius 2 is 2.20 bits per heavy atom. The highest BCUT2D eigenvalue weighted by Crippen LogP contribution is 2.31. The van der Waals surface area contributed by atoms with Gasteiger partial charge in [0.05, 0.1) is 12.0 Å². The number of hydrogen-bond acceptors (Lipinski definition) is 6. The maximum atomic E-state index is 12.3. The molecule has 1 aromatic heterocycles. The number of nitro groups is 1. The highest BCUT2D eigenvalue weighted by atomic mass is 19.3. The number of methoxy groups -OCH3 is 1. The lowest BCUT2D eigenvalue weighted by atomic mass is 10.2. The van der Waals surface area contributed by atoms with Crippen molar-refractivity contribution in [3.8, 4) is 11.5 Å². The van der Waals surface area contributed by atoms with Crippen molar-refractivity contribution >= 4 is 17.3 Å². The highest BCUT2D eigenvalue weighted by Gasteiger charge is 2.13. The molecular formula is C14H14F2N4O5. The molecule has 1 amide bonds. The number of anilines is 1. The molecule has 0 spiro atoms. The number of hydrogen-bond donors (Lipinski definition) is 1. The fraction of sp³-hybridized carbons (Fsp3) is 0.286. The zero-order chi connectivity index (χ0) is 18.4. The van der Waals surface area contributed by atoms with Gasteiger partial charge in [-0.3, -0.25) is 19.6 Å². The normalized spacial score (nSPS) is 10.6. The van der Waals surface area contributed by atoms with E-state index in [0.29, 0.717) is 5.69 Å². The molecule has 0 radical (unpaired) electrons. The predicted molar refractivity (Wildman–Crippen MR) is 81.8 cm³/mol. The molecule has 0 fully saturated rings. The summed E-state index contributed by atoms with van der Waals surface area (Å²) in [5, 5.41) is 16.9. The van der Waals surface area contributed by atoms with Crippen molar-refractivity contribution in [2.75, 3.05) is 12.4 Å². The van der Waals surface area contributed by atoms with Crippen LogP contribution in [-0.4, -0.2) is 34.3 Å². The van der Waals surface area contributed by atoms with Crippen LogP contribution in [0.5, 0.6) is 11.5 Å². The van der Waals surface area contributed by atoms with Crippen LogP contribution in [0.3, 0.4) is 0 Å². The second kappa shape index (κ2) is 8.04. The number of rotatable bonds is 8. The summed E-state index contributed by atoms with van der Waals surface area (Å²) >= 11 is 0. The third-order valence-corrected chi connectivity index (χ3v) is 3.06. The molecule has 0 unspecified atom stereocenters. The maximum absolute atomic E-state index is 12.3. The van der Waals surface area contributed by atoms with Crippen LogP contribution < -0.4 is 14.8 Å².